The van der Waals surface area contributed by atoms with Crippen LogP contribution in [0.25, 0.3) is 11.3 Å². The highest BCUT2D eigenvalue weighted by molar-refractivity contribution is 6.35. The summed E-state index contributed by atoms with van der Waals surface area (Å²) in [6.45, 7) is -0.278. The van der Waals surface area contributed by atoms with E-state index >= 15 is 0 Å². The predicted molar refractivity (Wildman–Crippen MR) is 93.5 cm³/mol. The van der Waals surface area contributed by atoms with Gasteiger partial charge in [-0.3, -0.25) is 4.68 Å². The van der Waals surface area contributed by atoms with Gasteiger partial charge in [0.25, 0.3) is 0 Å². The molecule has 0 aliphatic heterocycles. The van der Waals surface area contributed by atoms with Crippen LogP contribution in [0.1, 0.15) is 30.8 Å². The average Bonchev–Trinajstić information content (AvgIpc) is 2.95. The van der Waals surface area contributed by atoms with E-state index < -0.39 is 36.2 Å². The highest BCUT2D eigenvalue weighted by Gasteiger charge is 2.38. The van der Waals surface area contributed by atoms with E-state index in [9.17, 15) is 26.7 Å². The van der Waals surface area contributed by atoms with Crippen molar-refractivity contribution >= 4 is 23.4 Å². The number of alkyl halides is 5. The van der Waals surface area contributed by atoms with Gasteiger partial charge < -0.3 is 15.2 Å². The Morgan fingerprint density at radius 1 is 1.38 bits per heavy atom. The maximum absolute atomic E-state index is 13.0. The van der Waals surface area contributed by atoms with Gasteiger partial charge >= 0.3 is 18.8 Å². The number of aromatic carboxylic acids is 1. The highest BCUT2D eigenvalue weighted by atomic mass is 35.5. The van der Waals surface area contributed by atoms with E-state index in [0.29, 0.717) is 0 Å². The van der Waals surface area contributed by atoms with Gasteiger partial charge in [-0.05, 0) is 13.3 Å². The Balaban J connectivity index is 2.58. The average molecular weight is 443 g/mol. The summed E-state index contributed by atoms with van der Waals surface area (Å²) in [5.41, 5.74) is -0.733. The summed E-state index contributed by atoms with van der Waals surface area (Å²) in [6.07, 6.45) is -3.95. The Bertz CT molecular complexity index is 888. The van der Waals surface area contributed by atoms with Gasteiger partial charge in [-0.1, -0.05) is 18.5 Å². The summed E-state index contributed by atoms with van der Waals surface area (Å²) in [4.78, 5) is 15.1. The van der Waals surface area contributed by atoms with Crippen LogP contribution < -0.4 is 10.1 Å². The van der Waals surface area contributed by atoms with Crippen LogP contribution in [0.4, 0.5) is 27.8 Å². The van der Waals surface area contributed by atoms with Crippen molar-refractivity contribution in [2.24, 2.45) is 0 Å². The van der Waals surface area contributed by atoms with Crippen molar-refractivity contribution in [2.45, 2.75) is 45.6 Å². The molecule has 0 fully saturated rings. The number of rotatable bonds is 8. The van der Waals surface area contributed by atoms with Crippen LogP contribution in [0.3, 0.4) is 0 Å². The molecule has 29 heavy (non-hydrogen) atoms. The molecule has 1 atom stereocenters. The van der Waals surface area contributed by atoms with E-state index in [-0.39, 0.29) is 35.1 Å². The van der Waals surface area contributed by atoms with Gasteiger partial charge in [-0.25, -0.2) is 9.78 Å². The molecular formula is C16H16ClF5N4O3. The summed E-state index contributed by atoms with van der Waals surface area (Å²) < 4.78 is 70.2. The van der Waals surface area contributed by atoms with Crippen molar-refractivity contribution in [1.29, 1.82) is 0 Å². The summed E-state index contributed by atoms with van der Waals surface area (Å²) in [5.74, 6) is -2.34. The first kappa shape index (κ1) is 22.7. The van der Waals surface area contributed by atoms with E-state index in [1.165, 1.54) is 6.92 Å². The Morgan fingerprint density at radius 3 is 2.52 bits per heavy atom. The fourth-order valence-corrected chi connectivity index (χ4v) is 2.86. The largest absolute Gasteiger partial charge is 0.476 e. The third-order valence-corrected chi connectivity index (χ3v) is 4.22. The Morgan fingerprint density at radius 2 is 2.03 bits per heavy atom. The molecule has 0 aliphatic rings. The number of halogens is 6. The molecule has 0 spiro atoms. The maximum atomic E-state index is 13.0. The van der Waals surface area contributed by atoms with Crippen LogP contribution in [-0.2, 0) is 6.54 Å². The Labute approximate surface area is 166 Å². The molecule has 0 amide bonds. The van der Waals surface area contributed by atoms with Crippen LogP contribution in [0, 0.1) is 0 Å². The lowest BCUT2D eigenvalue weighted by molar-refractivity contribution is -0.142. The second-order valence-electron chi connectivity index (χ2n) is 5.72. The first-order valence-electron chi connectivity index (χ1n) is 8.27. The molecule has 2 aromatic rings. The van der Waals surface area contributed by atoms with Gasteiger partial charge in [-0.15, -0.1) is 0 Å². The minimum absolute atomic E-state index is 0.0656. The molecule has 2 heterocycles. The Hall–Kier alpha value is -2.63. The maximum Gasteiger partial charge on any atom is 0.408 e. The first-order chi connectivity index (χ1) is 13.5. The number of aromatic nitrogens is 3. The molecular weight excluding hydrogens is 427 g/mol. The van der Waals surface area contributed by atoms with Gasteiger partial charge in [0.2, 0.25) is 0 Å². The zero-order valence-electron chi connectivity index (χ0n) is 15.1. The summed E-state index contributed by atoms with van der Waals surface area (Å²) in [6, 6.07) is -1.09. The van der Waals surface area contributed by atoms with Gasteiger partial charge in [0.1, 0.15) is 22.6 Å². The summed E-state index contributed by atoms with van der Waals surface area (Å²) >= 11 is 6.05. The monoisotopic (exact) mass is 442 g/mol. The number of pyridine rings is 1. The zero-order valence-corrected chi connectivity index (χ0v) is 15.9. The predicted octanol–water partition coefficient (Wildman–Crippen LogP) is 4.67. The summed E-state index contributed by atoms with van der Waals surface area (Å²) in [5, 5.41) is 14.7. The lowest BCUT2D eigenvalue weighted by atomic mass is 10.1. The number of carbonyl (C=O) groups is 1. The van der Waals surface area contributed by atoms with Gasteiger partial charge in [0.15, 0.2) is 5.69 Å². The van der Waals surface area contributed by atoms with Crippen LogP contribution in [0.5, 0.6) is 5.75 Å². The number of carboxylic acid groups (broad SMARTS) is 1. The van der Waals surface area contributed by atoms with E-state index in [4.69, 9.17) is 16.7 Å². The Kier molecular flexibility index (Phi) is 6.88. The fourth-order valence-electron chi connectivity index (χ4n) is 2.54. The molecule has 0 saturated carbocycles. The van der Waals surface area contributed by atoms with Crippen molar-refractivity contribution in [2.75, 3.05) is 5.32 Å². The molecule has 0 unspecified atom stereocenters. The number of aryl methyl sites for hydroxylation is 1. The third-order valence-electron chi connectivity index (χ3n) is 3.86. The SMILES string of the molecule is CC[C@H](Nc1cc(OC(F)F)c(-c2c(Cl)c(C(=O)O)nn2CC)cn1)C(F)(F)F. The minimum atomic E-state index is -4.58. The van der Waals surface area contributed by atoms with Gasteiger partial charge in [0.05, 0.1) is 11.3 Å². The van der Waals surface area contributed by atoms with E-state index in [1.54, 1.807) is 6.92 Å². The highest BCUT2D eigenvalue weighted by Crippen LogP contribution is 2.38. The number of hydrogen-bond donors (Lipinski definition) is 2. The van der Waals surface area contributed by atoms with Crippen molar-refractivity contribution in [3.63, 3.8) is 0 Å². The molecule has 13 heteroatoms. The van der Waals surface area contributed by atoms with Crippen molar-refractivity contribution in [1.82, 2.24) is 14.8 Å². The van der Waals surface area contributed by atoms with Crippen molar-refractivity contribution in [3.05, 3.63) is 23.0 Å². The van der Waals surface area contributed by atoms with E-state index in [2.05, 4.69) is 20.1 Å². The van der Waals surface area contributed by atoms with Crippen LogP contribution in [-0.4, -0.2) is 44.7 Å². The summed E-state index contributed by atoms with van der Waals surface area (Å²) in [7, 11) is 0. The molecule has 0 aliphatic carbocycles. The molecule has 7 nitrogen and oxygen atoms in total. The molecule has 2 N–H and O–H groups in total. The fraction of sp³-hybridized carbons (Fsp3) is 0.438. The molecule has 0 saturated heterocycles. The number of nitrogens with zero attached hydrogens (tertiary/aromatic N) is 3. The van der Waals surface area contributed by atoms with Crippen LogP contribution >= 0.6 is 11.6 Å². The van der Waals surface area contributed by atoms with E-state index in [0.717, 1.165) is 16.9 Å². The van der Waals surface area contributed by atoms with Crippen LogP contribution in [0.15, 0.2) is 12.3 Å². The van der Waals surface area contributed by atoms with Gasteiger partial charge in [-0.2, -0.15) is 27.1 Å². The second-order valence-corrected chi connectivity index (χ2v) is 6.10. The molecule has 160 valence electrons. The van der Waals surface area contributed by atoms with Crippen molar-refractivity contribution in [3.8, 4) is 17.0 Å². The molecule has 2 rings (SSSR count). The normalized spacial score (nSPS) is 12.9. The van der Waals surface area contributed by atoms with Crippen molar-refractivity contribution < 1.29 is 36.6 Å². The topological polar surface area (TPSA) is 89.3 Å². The third kappa shape index (κ3) is 5.05. The number of nitrogens with one attached hydrogen (secondary N) is 1. The number of carboxylic acids is 1. The number of anilines is 1. The lowest BCUT2D eigenvalue weighted by Gasteiger charge is -2.21. The van der Waals surface area contributed by atoms with E-state index in [1.807, 2.05) is 0 Å². The number of ether oxygens (including phenoxy) is 1. The molecule has 0 aromatic carbocycles. The minimum Gasteiger partial charge on any atom is -0.476 e. The number of hydrogen-bond acceptors (Lipinski definition) is 5. The lowest BCUT2D eigenvalue weighted by Crippen LogP contribution is -2.35. The molecule has 0 radical (unpaired) electrons. The standard InChI is InChI=1S/C16H16ClF5N4O3/c1-3-9(16(20,21)22)24-10-5-8(29-15(18)19)7(6-23-10)13-11(17)12(14(27)28)25-26(13)4-2/h5-6,9,15H,3-4H2,1-2H3,(H,23,24)(H,27,28)/t9-/m0/s1. The smallest absolute Gasteiger partial charge is 0.408 e. The van der Waals surface area contributed by atoms with Crippen LogP contribution in [0.2, 0.25) is 5.02 Å². The zero-order chi connectivity index (χ0) is 21.9. The van der Waals surface area contributed by atoms with Gasteiger partial charge in [0, 0.05) is 18.8 Å². The molecule has 0 bridgehead atoms. The second kappa shape index (κ2) is 8.80. The quantitative estimate of drug-likeness (QED) is 0.577. The molecule has 2 aromatic heterocycles. The first-order valence-corrected chi connectivity index (χ1v) is 8.65.